The van der Waals surface area contributed by atoms with Gasteiger partial charge in [0.15, 0.2) is 0 Å². The van der Waals surface area contributed by atoms with Crippen LogP contribution in [0.3, 0.4) is 0 Å². The second-order valence-corrected chi connectivity index (χ2v) is 5.75. The summed E-state index contributed by atoms with van der Waals surface area (Å²) in [5, 5.41) is 2.76. The molecule has 2 rings (SSSR count). The number of carbonyl (C=O) groups is 2. The Morgan fingerprint density at radius 3 is 2.39 bits per heavy atom. The number of halogens is 1. The summed E-state index contributed by atoms with van der Waals surface area (Å²) in [6.07, 6.45) is 0. The number of anilines is 2. The Balaban J connectivity index is 2.12. The van der Waals surface area contributed by atoms with Crippen LogP contribution >= 0.6 is 15.9 Å². The van der Waals surface area contributed by atoms with Gasteiger partial charge in [-0.3, -0.25) is 9.59 Å². The van der Waals surface area contributed by atoms with Crippen LogP contribution in [0.5, 0.6) is 5.75 Å². The Kier molecular flexibility index (Phi) is 5.76. The standard InChI is InChI=1S/C17H17BrN2O3/c1-12(21)20(14-9-7-13(18)8-10-14)11-17(22)19-15-5-3-4-6-16(15)23-2/h3-10H,11H2,1-2H3,(H,19,22). The van der Waals surface area contributed by atoms with E-state index >= 15 is 0 Å². The van der Waals surface area contributed by atoms with E-state index in [9.17, 15) is 9.59 Å². The molecule has 2 amide bonds. The Morgan fingerprint density at radius 2 is 1.78 bits per heavy atom. The number of hydrogen-bond donors (Lipinski definition) is 1. The van der Waals surface area contributed by atoms with Gasteiger partial charge in [0.05, 0.1) is 12.8 Å². The molecule has 0 unspecified atom stereocenters. The van der Waals surface area contributed by atoms with E-state index in [1.807, 2.05) is 18.2 Å². The van der Waals surface area contributed by atoms with E-state index in [-0.39, 0.29) is 18.4 Å². The van der Waals surface area contributed by atoms with Crippen LogP contribution in [0, 0.1) is 0 Å². The van der Waals surface area contributed by atoms with Gasteiger partial charge in [-0.1, -0.05) is 28.1 Å². The van der Waals surface area contributed by atoms with E-state index < -0.39 is 0 Å². The summed E-state index contributed by atoms with van der Waals surface area (Å²) in [5.74, 6) is 0.0639. The van der Waals surface area contributed by atoms with E-state index in [1.165, 1.54) is 18.9 Å². The Bertz CT molecular complexity index is 701. The molecule has 0 bridgehead atoms. The topological polar surface area (TPSA) is 58.6 Å². The van der Waals surface area contributed by atoms with Crippen molar-refractivity contribution in [3.63, 3.8) is 0 Å². The third-order valence-electron chi connectivity index (χ3n) is 3.20. The molecule has 0 radical (unpaired) electrons. The lowest BCUT2D eigenvalue weighted by Crippen LogP contribution is -2.36. The highest BCUT2D eigenvalue weighted by Gasteiger charge is 2.16. The molecule has 0 heterocycles. The molecular formula is C17H17BrN2O3. The van der Waals surface area contributed by atoms with E-state index in [4.69, 9.17) is 4.74 Å². The van der Waals surface area contributed by atoms with Crippen molar-refractivity contribution in [2.75, 3.05) is 23.9 Å². The second-order valence-electron chi connectivity index (χ2n) is 4.83. The van der Waals surface area contributed by atoms with E-state index in [2.05, 4.69) is 21.2 Å². The maximum Gasteiger partial charge on any atom is 0.244 e. The first-order valence-corrected chi connectivity index (χ1v) is 7.77. The molecule has 2 aromatic rings. The molecule has 0 saturated heterocycles. The minimum absolute atomic E-state index is 0.0744. The summed E-state index contributed by atoms with van der Waals surface area (Å²) < 4.78 is 6.10. The highest BCUT2D eigenvalue weighted by molar-refractivity contribution is 9.10. The minimum Gasteiger partial charge on any atom is -0.495 e. The summed E-state index contributed by atoms with van der Waals surface area (Å²) in [7, 11) is 1.54. The zero-order valence-corrected chi connectivity index (χ0v) is 14.5. The molecule has 0 spiro atoms. The summed E-state index contributed by atoms with van der Waals surface area (Å²) in [6, 6.07) is 14.3. The van der Waals surface area contributed by atoms with Gasteiger partial charge in [0.25, 0.3) is 0 Å². The second kappa shape index (κ2) is 7.78. The van der Waals surface area contributed by atoms with Crippen molar-refractivity contribution in [3.05, 3.63) is 53.0 Å². The number of rotatable bonds is 5. The molecule has 23 heavy (non-hydrogen) atoms. The minimum atomic E-state index is -0.299. The summed E-state index contributed by atoms with van der Waals surface area (Å²) in [4.78, 5) is 25.5. The molecule has 5 nitrogen and oxygen atoms in total. The van der Waals surface area contributed by atoms with Gasteiger partial charge in [-0.25, -0.2) is 0 Å². The van der Waals surface area contributed by atoms with Gasteiger partial charge in [0, 0.05) is 17.1 Å². The number of benzene rings is 2. The van der Waals surface area contributed by atoms with Crippen LogP contribution in [0.1, 0.15) is 6.92 Å². The number of hydrogen-bond acceptors (Lipinski definition) is 3. The van der Waals surface area contributed by atoms with Gasteiger partial charge >= 0.3 is 0 Å². The average molecular weight is 377 g/mol. The van der Waals surface area contributed by atoms with E-state index in [0.717, 1.165) is 4.47 Å². The summed E-state index contributed by atoms with van der Waals surface area (Å²) in [5.41, 5.74) is 1.23. The predicted molar refractivity (Wildman–Crippen MR) is 93.8 cm³/mol. The third-order valence-corrected chi connectivity index (χ3v) is 3.73. The number of nitrogens with one attached hydrogen (secondary N) is 1. The van der Waals surface area contributed by atoms with Gasteiger partial charge in [-0.05, 0) is 36.4 Å². The number of amides is 2. The van der Waals surface area contributed by atoms with E-state index in [1.54, 1.807) is 30.3 Å². The Morgan fingerprint density at radius 1 is 1.13 bits per heavy atom. The number of nitrogens with zero attached hydrogens (tertiary/aromatic N) is 1. The highest BCUT2D eigenvalue weighted by atomic mass is 79.9. The van der Waals surface area contributed by atoms with Crippen LogP contribution in [-0.4, -0.2) is 25.5 Å². The van der Waals surface area contributed by atoms with Gasteiger partial charge < -0.3 is 15.0 Å². The molecule has 0 saturated carbocycles. The zero-order valence-electron chi connectivity index (χ0n) is 12.9. The van der Waals surface area contributed by atoms with Gasteiger partial charge in [-0.2, -0.15) is 0 Å². The number of methoxy groups -OCH3 is 1. The normalized spacial score (nSPS) is 10.0. The first-order valence-electron chi connectivity index (χ1n) is 6.98. The number of carbonyl (C=O) groups excluding carboxylic acids is 2. The van der Waals surface area contributed by atoms with Crippen LogP contribution < -0.4 is 15.0 Å². The van der Waals surface area contributed by atoms with Crippen molar-refractivity contribution in [3.8, 4) is 5.75 Å². The van der Waals surface area contributed by atoms with Crippen LogP contribution in [0.2, 0.25) is 0 Å². The maximum atomic E-state index is 12.3. The van der Waals surface area contributed by atoms with E-state index in [0.29, 0.717) is 17.1 Å². The molecule has 120 valence electrons. The Labute approximate surface area is 143 Å². The monoisotopic (exact) mass is 376 g/mol. The van der Waals surface area contributed by atoms with Crippen molar-refractivity contribution < 1.29 is 14.3 Å². The fourth-order valence-electron chi connectivity index (χ4n) is 2.09. The zero-order chi connectivity index (χ0) is 16.8. The third kappa shape index (κ3) is 4.56. The summed E-state index contributed by atoms with van der Waals surface area (Å²) >= 11 is 3.35. The highest BCUT2D eigenvalue weighted by Crippen LogP contribution is 2.23. The first-order chi connectivity index (χ1) is 11.0. The molecule has 6 heteroatoms. The molecular weight excluding hydrogens is 360 g/mol. The largest absolute Gasteiger partial charge is 0.495 e. The van der Waals surface area contributed by atoms with Crippen molar-refractivity contribution in [2.24, 2.45) is 0 Å². The molecule has 0 fully saturated rings. The maximum absolute atomic E-state index is 12.3. The van der Waals surface area contributed by atoms with Gasteiger partial charge in [0.1, 0.15) is 12.3 Å². The van der Waals surface area contributed by atoms with Crippen molar-refractivity contribution in [2.45, 2.75) is 6.92 Å². The van der Waals surface area contributed by atoms with Crippen molar-refractivity contribution in [1.82, 2.24) is 0 Å². The van der Waals surface area contributed by atoms with Crippen molar-refractivity contribution in [1.29, 1.82) is 0 Å². The molecule has 0 aliphatic heterocycles. The molecule has 0 aliphatic rings. The number of para-hydroxylation sites is 2. The molecule has 0 aliphatic carbocycles. The average Bonchev–Trinajstić information content (AvgIpc) is 2.54. The lowest BCUT2D eigenvalue weighted by atomic mass is 10.2. The van der Waals surface area contributed by atoms with Crippen LogP contribution in [0.25, 0.3) is 0 Å². The predicted octanol–water partition coefficient (Wildman–Crippen LogP) is 3.45. The van der Waals surface area contributed by atoms with Crippen LogP contribution in [-0.2, 0) is 9.59 Å². The molecule has 0 atom stereocenters. The lowest BCUT2D eigenvalue weighted by Gasteiger charge is -2.21. The molecule has 2 aromatic carbocycles. The lowest BCUT2D eigenvalue weighted by molar-refractivity contribution is -0.120. The Hall–Kier alpha value is -2.34. The summed E-state index contributed by atoms with van der Waals surface area (Å²) in [6.45, 7) is 1.35. The number of ether oxygens (including phenoxy) is 1. The quantitative estimate of drug-likeness (QED) is 0.869. The van der Waals surface area contributed by atoms with Gasteiger partial charge in [-0.15, -0.1) is 0 Å². The smallest absolute Gasteiger partial charge is 0.244 e. The molecule has 0 aromatic heterocycles. The van der Waals surface area contributed by atoms with Crippen molar-refractivity contribution >= 4 is 39.1 Å². The fraction of sp³-hybridized carbons (Fsp3) is 0.176. The molecule has 1 N–H and O–H groups in total. The fourth-order valence-corrected chi connectivity index (χ4v) is 2.35. The SMILES string of the molecule is COc1ccccc1NC(=O)CN(C(C)=O)c1ccc(Br)cc1. The van der Waals surface area contributed by atoms with Gasteiger partial charge in [0.2, 0.25) is 11.8 Å². The first kappa shape index (κ1) is 17.0. The van der Waals surface area contributed by atoms with Crippen LogP contribution in [0.15, 0.2) is 53.0 Å². The van der Waals surface area contributed by atoms with Crippen LogP contribution in [0.4, 0.5) is 11.4 Å².